The Morgan fingerprint density at radius 1 is 1.53 bits per heavy atom. The lowest BCUT2D eigenvalue weighted by Gasteiger charge is -2.14. The second-order valence-corrected chi connectivity index (χ2v) is 4.05. The quantitative estimate of drug-likeness (QED) is 0.706. The first-order chi connectivity index (χ1) is 8.00. The first-order valence-corrected chi connectivity index (χ1v) is 5.60. The number of carbonyl (C=O) groups excluding carboxylic acids is 1. The summed E-state index contributed by atoms with van der Waals surface area (Å²) in [7, 11) is 0. The minimum atomic E-state index is -0.552. The topological polar surface area (TPSA) is 67.2 Å². The molecular formula is C11H15ClFN3O. The number of rotatable bonds is 5. The van der Waals surface area contributed by atoms with E-state index < -0.39 is 11.8 Å². The molecule has 0 saturated carbocycles. The van der Waals surface area contributed by atoms with Crippen molar-refractivity contribution in [2.24, 2.45) is 5.73 Å². The van der Waals surface area contributed by atoms with Crippen molar-refractivity contribution in [3.63, 3.8) is 0 Å². The van der Waals surface area contributed by atoms with Gasteiger partial charge in [-0.2, -0.15) is 0 Å². The molecule has 0 saturated heterocycles. The normalized spacial score (nSPS) is 12.2. The Balaban J connectivity index is 2.44. The van der Waals surface area contributed by atoms with Gasteiger partial charge >= 0.3 is 6.03 Å². The molecule has 1 aromatic carbocycles. The van der Waals surface area contributed by atoms with Gasteiger partial charge in [-0.1, -0.05) is 17.7 Å². The highest BCUT2D eigenvalue weighted by Gasteiger charge is 2.07. The Bertz CT molecular complexity index is 400. The molecule has 0 radical (unpaired) electrons. The van der Waals surface area contributed by atoms with Crippen LogP contribution in [0.2, 0.25) is 5.02 Å². The van der Waals surface area contributed by atoms with E-state index in [2.05, 4.69) is 10.6 Å². The fraction of sp³-hybridized carbons (Fsp3) is 0.364. The molecule has 17 heavy (non-hydrogen) atoms. The molecule has 1 aromatic rings. The largest absolute Gasteiger partial charge is 0.352 e. The predicted molar refractivity (Wildman–Crippen MR) is 65.4 cm³/mol. The SMILES string of the molecule is CC(NCCNC(N)=O)c1ccc(F)c(Cl)c1. The Kier molecular flexibility index (Phi) is 5.18. The number of nitrogens with one attached hydrogen (secondary N) is 2. The number of urea groups is 1. The molecule has 1 rings (SSSR count). The third-order valence-electron chi connectivity index (χ3n) is 2.32. The van der Waals surface area contributed by atoms with Gasteiger partial charge in [0.15, 0.2) is 0 Å². The summed E-state index contributed by atoms with van der Waals surface area (Å²) in [5.41, 5.74) is 5.80. The van der Waals surface area contributed by atoms with Crippen molar-refractivity contribution in [2.75, 3.05) is 13.1 Å². The molecule has 4 nitrogen and oxygen atoms in total. The fourth-order valence-electron chi connectivity index (χ4n) is 1.37. The number of benzene rings is 1. The Morgan fingerprint density at radius 2 is 2.24 bits per heavy atom. The Labute approximate surface area is 104 Å². The first kappa shape index (κ1) is 13.7. The summed E-state index contributed by atoms with van der Waals surface area (Å²) in [6.07, 6.45) is 0. The molecule has 94 valence electrons. The Morgan fingerprint density at radius 3 is 2.82 bits per heavy atom. The van der Waals surface area contributed by atoms with E-state index in [0.717, 1.165) is 5.56 Å². The maximum atomic E-state index is 12.9. The number of primary amides is 1. The second kappa shape index (κ2) is 6.42. The summed E-state index contributed by atoms with van der Waals surface area (Å²) in [6, 6.07) is 4.04. The molecule has 0 bridgehead atoms. The Hall–Kier alpha value is -1.33. The molecule has 0 heterocycles. The van der Waals surface area contributed by atoms with Crippen LogP contribution in [-0.2, 0) is 0 Å². The minimum absolute atomic E-state index is 0.0165. The van der Waals surface area contributed by atoms with Crippen LogP contribution in [0.15, 0.2) is 18.2 Å². The molecule has 1 unspecified atom stereocenters. The number of carbonyl (C=O) groups is 1. The van der Waals surface area contributed by atoms with Crippen molar-refractivity contribution in [3.8, 4) is 0 Å². The van der Waals surface area contributed by atoms with E-state index in [0.29, 0.717) is 13.1 Å². The molecule has 2 amide bonds. The van der Waals surface area contributed by atoms with Gasteiger partial charge in [0, 0.05) is 19.1 Å². The van der Waals surface area contributed by atoms with Gasteiger partial charge in [-0.05, 0) is 24.6 Å². The van der Waals surface area contributed by atoms with E-state index in [4.69, 9.17) is 17.3 Å². The second-order valence-electron chi connectivity index (χ2n) is 3.64. The number of hydrogen-bond donors (Lipinski definition) is 3. The minimum Gasteiger partial charge on any atom is -0.352 e. The standard InChI is InChI=1S/C11H15ClFN3O/c1-7(15-4-5-16-11(14)17)8-2-3-10(13)9(12)6-8/h2-3,6-7,15H,4-5H2,1H3,(H3,14,16,17). The number of hydrogen-bond acceptors (Lipinski definition) is 2. The van der Waals surface area contributed by atoms with Gasteiger partial charge in [-0.15, -0.1) is 0 Å². The summed E-state index contributed by atoms with van der Waals surface area (Å²) in [4.78, 5) is 10.4. The molecule has 1 atom stereocenters. The molecule has 0 aliphatic heterocycles. The zero-order valence-corrected chi connectivity index (χ0v) is 10.2. The third-order valence-corrected chi connectivity index (χ3v) is 2.61. The molecule has 0 fully saturated rings. The highest BCUT2D eigenvalue weighted by Crippen LogP contribution is 2.20. The van der Waals surface area contributed by atoms with Crippen molar-refractivity contribution in [1.82, 2.24) is 10.6 Å². The summed E-state index contributed by atoms with van der Waals surface area (Å²) in [5.74, 6) is -0.432. The zero-order valence-electron chi connectivity index (χ0n) is 9.47. The van der Waals surface area contributed by atoms with Crippen molar-refractivity contribution in [3.05, 3.63) is 34.6 Å². The van der Waals surface area contributed by atoms with Crippen LogP contribution in [-0.4, -0.2) is 19.1 Å². The van der Waals surface area contributed by atoms with Crippen LogP contribution in [0.3, 0.4) is 0 Å². The predicted octanol–water partition coefficient (Wildman–Crippen LogP) is 1.80. The van der Waals surface area contributed by atoms with Gasteiger partial charge in [-0.3, -0.25) is 0 Å². The van der Waals surface area contributed by atoms with Crippen molar-refractivity contribution in [2.45, 2.75) is 13.0 Å². The van der Waals surface area contributed by atoms with Gasteiger partial charge in [0.05, 0.1) is 5.02 Å². The summed E-state index contributed by atoms with van der Waals surface area (Å²) < 4.78 is 12.9. The van der Waals surface area contributed by atoms with Crippen LogP contribution in [0.25, 0.3) is 0 Å². The average Bonchev–Trinajstić information content (AvgIpc) is 2.27. The third kappa shape index (κ3) is 4.58. The number of halogens is 2. The first-order valence-electron chi connectivity index (χ1n) is 5.22. The highest BCUT2D eigenvalue weighted by atomic mass is 35.5. The van der Waals surface area contributed by atoms with E-state index in [1.807, 2.05) is 6.92 Å². The van der Waals surface area contributed by atoms with Crippen LogP contribution in [0.5, 0.6) is 0 Å². The lowest BCUT2D eigenvalue weighted by molar-refractivity contribution is 0.249. The molecule has 0 aromatic heterocycles. The average molecular weight is 260 g/mol. The van der Waals surface area contributed by atoms with Crippen molar-refractivity contribution >= 4 is 17.6 Å². The summed E-state index contributed by atoms with van der Waals surface area (Å²) in [5, 5.41) is 5.72. The van der Waals surface area contributed by atoms with Crippen LogP contribution >= 0.6 is 11.6 Å². The van der Waals surface area contributed by atoms with Crippen LogP contribution < -0.4 is 16.4 Å². The molecule has 0 aliphatic rings. The van der Waals surface area contributed by atoms with Gasteiger partial charge < -0.3 is 16.4 Å². The van der Waals surface area contributed by atoms with Crippen LogP contribution in [0.1, 0.15) is 18.5 Å². The summed E-state index contributed by atoms with van der Waals surface area (Å²) in [6.45, 7) is 2.93. The van der Waals surface area contributed by atoms with Crippen molar-refractivity contribution in [1.29, 1.82) is 0 Å². The van der Waals surface area contributed by atoms with Gasteiger partial charge in [0.1, 0.15) is 5.82 Å². The smallest absolute Gasteiger partial charge is 0.312 e. The lowest BCUT2D eigenvalue weighted by Crippen LogP contribution is -2.36. The highest BCUT2D eigenvalue weighted by molar-refractivity contribution is 6.30. The monoisotopic (exact) mass is 259 g/mol. The van der Waals surface area contributed by atoms with Gasteiger partial charge in [0.25, 0.3) is 0 Å². The number of amides is 2. The molecule has 0 aliphatic carbocycles. The lowest BCUT2D eigenvalue weighted by atomic mass is 10.1. The van der Waals surface area contributed by atoms with E-state index in [-0.39, 0.29) is 11.1 Å². The van der Waals surface area contributed by atoms with Crippen LogP contribution in [0.4, 0.5) is 9.18 Å². The van der Waals surface area contributed by atoms with E-state index >= 15 is 0 Å². The van der Waals surface area contributed by atoms with Crippen LogP contribution in [0, 0.1) is 5.82 Å². The molecule has 6 heteroatoms. The zero-order chi connectivity index (χ0) is 12.8. The fourth-order valence-corrected chi connectivity index (χ4v) is 1.56. The molecular weight excluding hydrogens is 245 g/mol. The maximum absolute atomic E-state index is 12.9. The summed E-state index contributed by atoms with van der Waals surface area (Å²) >= 11 is 5.68. The van der Waals surface area contributed by atoms with Gasteiger partial charge in [-0.25, -0.2) is 9.18 Å². The molecule has 0 spiro atoms. The van der Waals surface area contributed by atoms with E-state index in [9.17, 15) is 9.18 Å². The number of nitrogens with two attached hydrogens (primary N) is 1. The maximum Gasteiger partial charge on any atom is 0.312 e. The van der Waals surface area contributed by atoms with Crippen molar-refractivity contribution < 1.29 is 9.18 Å². The van der Waals surface area contributed by atoms with Gasteiger partial charge in [0.2, 0.25) is 0 Å². The van der Waals surface area contributed by atoms with E-state index in [1.54, 1.807) is 12.1 Å². The van der Waals surface area contributed by atoms with E-state index in [1.165, 1.54) is 6.07 Å². The molecule has 4 N–H and O–H groups in total.